The van der Waals surface area contributed by atoms with Gasteiger partial charge in [-0.15, -0.1) is 0 Å². The first-order chi connectivity index (χ1) is 10.6. The lowest BCUT2D eigenvalue weighted by Crippen LogP contribution is -3.11. The van der Waals surface area contributed by atoms with Crippen LogP contribution in [0.4, 0.5) is 0 Å². The fourth-order valence-corrected chi connectivity index (χ4v) is 2.78. The number of hydrogen-bond acceptors (Lipinski definition) is 3. The van der Waals surface area contributed by atoms with Crippen LogP contribution in [-0.4, -0.2) is 38.2 Å². The van der Waals surface area contributed by atoms with Crippen LogP contribution < -0.4 is 15.0 Å². The van der Waals surface area contributed by atoms with E-state index >= 15 is 0 Å². The van der Waals surface area contributed by atoms with Crippen molar-refractivity contribution >= 4 is 5.91 Å². The molecular formula is C17H24N3O2+. The summed E-state index contributed by atoms with van der Waals surface area (Å²) in [5.41, 5.74) is -0.627. The van der Waals surface area contributed by atoms with Gasteiger partial charge in [0.05, 0.1) is 13.1 Å². The maximum Gasteiger partial charge on any atom is 0.276 e. The van der Waals surface area contributed by atoms with Gasteiger partial charge in [-0.2, -0.15) is 5.26 Å². The summed E-state index contributed by atoms with van der Waals surface area (Å²) in [6.07, 6.45) is 3.57. The van der Waals surface area contributed by atoms with Gasteiger partial charge in [0.25, 0.3) is 5.91 Å². The number of nitriles is 1. The van der Waals surface area contributed by atoms with Crippen molar-refractivity contribution in [3.63, 3.8) is 0 Å². The van der Waals surface area contributed by atoms with Crippen LogP contribution in [-0.2, 0) is 4.79 Å². The minimum atomic E-state index is -0.627. The van der Waals surface area contributed by atoms with Crippen LogP contribution in [0.3, 0.4) is 0 Å². The van der Waals surface area contributed by atoms with Crippen LogP contribution >= 0.6 is 0 Å². The van der Waals surface area contributed by atoms with Gasteiger partial charge in [0.2, 0.25) is 0 Å². The van der Waals surface area contributed by atoms with Crippen LogP contribution in [0, 0.1) is 11.3 Å². The molecule has 0 bridgehead atoms. The van der Waals surface area contributed by atoms with Gasteiger partial charge in [0.1, 0.15) is 24.4 Å². The van der Waals surface area contributed by atoms with Crippen molar-refractivity contribution in [3.8, 4) is 11.8 Å². The Morgan fingerprint density at radius 3 is 2.68 bits per heavy atom. The summed E-state index contributed by atoms with van der Waals surface area (Å²) < 4.78 is 5.63. The van der Waals surface area contributed by atoms with Gasteiger partial charge in [0, 0.05) is 0 Å². The first-order valence-corrected chi connectivity index (χ1v) is 7.85. The zero-order chi connectivity index (χ0) is 15.8. The maximum atomic E-state index is 12.1. The molecule has 1 aliphatic rings. The van der Waals surface area contributed by atoms with Crippen LogP contribution in [0.1, 0.15) is 25.7 Å². The van der Waals surface area contributed by atoms with Crippen LogP contribution in [0.25, 0.3) is 0 Å². The Morgan fingerprint density at radius 1 is 1.36 bits per heavy atom. The topological polar surface area (TPSA) is 66.6 Å². The number of nitrogens with zero attached hydrogens (tertiary/aromatic N) is 1. The van der Waals surface area contributed by atoms with Gasteiger partial charge >= 0.3 is 0 Å². The van der Waals surface area contributed by atoms with E-state index in [4.69, 9.17) is 4.74 Å². The Balaban J connectivity index is 1.69. The van der Waals surface area contributed by atoms with Crippen LogP contribution in [0.15, 0.2) is 30.3 Å². The zero-order valence-corrected chi connectivity index (χ0v) is 13.1. The predicted molar refractivity (Wildman–Crippen MR) is 83.5 cm³/mol. The number of nitrogens with one attached hydrogen (secondary N) is 2. The number of para-hydroxylation sites is 1. The molecule has 0 heterocycles. The molecule has 1 atom stereocenters. The number of carbonyl (C=O) groups excluding carboxylic acids is 1. The van der Waals surface area contributed by atoms with E-state index in [0.29, 0.717) is 13.2 Å². The smallest absolute Gasteiger partial charge is 0.276 e. The number of likely N-dealkylation sites (N-methyl/N-ethyl adjacent to an activating group) is 1. The second kappa shape index (κ2) is 7.81. The summed E-state index contributed by atoms with van der Waals surface area (Å²) in [5.74, 6) is 0.787. The summed E-state index contributed by atoms with van der Waals surface area (Å²) >= 11 is 0. The molecule has 0 saturated heterocycles. The minimum absolute atomic E-state index is 0.0549. The molecule has 22 heavy (non-hydrogen) atoms. The monoisotopic (exact) mass is 302 g/mol. The highest BCUT2D eigenvalue weighted by molar-refractivity contribution is 5.78. The lowest BCUT2D eigenvalue weighted by molar-refractivity contribution is -0.871. The van der Waals surface area contributed by atoms with Crippen molar-refractivity contribution in [1.82, 2.24) is 5.32 Å². The lowest BCUT2D eigenvalue weighted by Gasteiger charge is -2.23. The van der Waals surface area contributed by atoms with Crippen molar-refractivity contribution in [2.45, 2.75) is 31.2 Å². The van der Waals surface area contributed by atoms with Gasteiger partial charge in [-0.1, -0.05) is 18.2 Å². The molecule has 0 spiro atoms. The molecule has 5 heteroatoms. The third-order valence-corrected chi connectivity index (χ3v) is 4.05. The Hall–Kier alpha value is -2.06. The summed E-state index contributed by atoms with van der Waals surface area (Å²) in [5, 5.41) is 12.2. The van der Waals surface area contributed by atoms with Crippen molar-refractivity contribution < 1.29 is 14.4 Å². The average Bonchev–Trinajstić information content (AvgIpc) is 2.97. The van der Waals surface area contributed by atoms with E-state index < -0.39 is 5.54 Å². The summed E-state index contributed by atoms with van der Waals surface area (Å²) in [6, 6.07) is 11.9. The van der Waals surface area contributed by atoms with Gasteiger partial charge in [-0.3, -0.25) is 4.79 Å². The number of hydrogen-bond donors (Lipinski definition) is 2. The standard InChI is InChI=1S/C17H23N3O2/c1-20(11-12-22-15-7-3-2-4-8-15)13-16(21)19-17(14-18)9-5-6-10-17/h2-4,7-8H,5-6,9-13H2,1H3,(H,19,21)/p+1. The summed E-state index contributed by atoms with van der Waals surface area (Å²) in [4.78, 5) is 13.2. The molecule has 0 aromatic heterocycles. The molecule has 0 aliphatic heterocycles. The average molecular weight is 302 g/mol. The molecule has 5 nitrogen and oxygen atoms in total. The van der Waals surface area contributed by atoms with Crippen molar-refractivity contribution in [2.24, 2.45) is 0 Å². The number of ether oxygens (including phenoxy) is 1. The van der Waals surface area contributed by atoms with E-state index in [1.54, 1.807) is 0 Å². The van der Waals surface area contributed by atoms with E-state index in [9.17, 15) is 10.1 Å². The SMILES string of the molecule is C[NH+](CCOc1ccccc1)CC(=O)NC1(C#N)CCCC1. The third-order valence-electron chi connectivity index (χ3n) is 4.05. The number of rotatable bonds is 7. The highest BCUT2D eigenvalue weighted by Gasteiger charge is 2.35. The molecule has 2 rings (SSSR count). The first-order valence-electron chi connectivity index (χ1n) is 7.85. The van der Waals surface area contributed by atoms with Crippen molar-refractivity contribution in [2.75, 3.05) is 26.7 Å². The molecule has 1 unspecified atom stereocenters. The van der Waals surface area contributed by atoms with E-state index in [2.05, 4.69) is 11.4 Å². The Morgan fingerprint density at radius 2 is 2.05 bits per heavy atom. The molecule has 1 aromatic rings. The highest BCUT2D eigenvalue weighted by atomic mass is 16.5. The van der Waals surface area contributed by atoms with Gasteiger partial charge in [0.15, 0.2) is 6.54 Å². The molecule has 118 valence electrons. The minimum Gasteiger partial charge on any atom is -0.488 e. The van der Waals surface area contributed by atoms with Crippen molar-refractivity contribution in [1.29, 1.82) is 5.26 Å². The quantitative estimate of drug-likeness (QED) is 0.772. The van der Waals surface area contributed by atoms with E-state index in [1.165, 1.54) is 0 Å². The summed E-state index contributed by atoms with van der Waals surface area (Å²) in [6.45, 7) is 1.66. The Kier molecular flexibility index (Phi) is 5.79. The molecule has 1 fully saturated rings. The van der Waals surface area contributed by atoms with Crippen LogP contribution in [0.2, 0.25) is 0 Å². The Bertz CT molecular complexity index is 518. The van der Waals surface area contributed by atoms with Crippen molar-refractivity contribution in [3.05, 3.63) is 30.3 Å². The fourth-order valence-electron chi connectivity index (χ4n) is 2.78. The molecule has 1 aromatic carbocycles. The van der Waals surface area contributed by atoms with E-state index in [-0.39, 0.29) is 5.91 Å². The zero-order valence-electron chi connectivity index (χ0n) is 13.1. The summed E-state index contributed by atoms with van der Waals surface area (Å²) in [7, 11) is 1.96. The number of amides is 1. The fraction of sp³-hybridized carbons (Fsp3) is 0.529. The lowest BCUT2D eigenvalue weighted by atomic mass is 10.00. The van der Waals surface area contributed by atoms with E-state index in [0.717, 1.165) is 42.9 Å². The molecule has 1 saturated carbocycles. The number of quaternary nitrogens is 1. The molecule has 1 aliphatic carbocycles. The number of benzene rings is 1. The molecule has 0 radical (unpaired) electrons. The molecule has 1 amide bonds. The maximum absolute atomic E-state index is 12.1. The molecule has 2 N–H and O–H groups in total. The predicted octanol–water partition coefficient (Wildman–Crippen LogP) is 0.533. The first kappa shape index (κ1) is 16.3. The van der Waals surface area contributed by atoms with E-state index in [1.807, 2.05) is 37.4 Å². The highest BCUT2D eigenvalue weighted by Crippen LogP contribution is 2.28. The number of carbonyl (C=O) groups is 1. The van der Waals surface area contributed by atoms with Gasteiger partial charge < -0.3 is 15.0 Å². The third kappa shape index (κ3) is 4.74. The second-order valence-electron chi connectivity index (χ2n) is 5.99. The normalized spacial score (nSPS) is 17.5. The largest absolute Gasteiger partial charge is 0.488 e. The second-order valence-corrected chi connectivity index (χ2v) is 5.99. The van der Waals surface area contributed by atoms with Gasteiger partial charge in [-0.25, -0.2) is 0 Å². The Labute approximate surface area is 131 Å². The molecular weight excluding hydrogens is 278 g/mol. The van der Waals surface area contributed by atoms with Crippen LogP contribution in [0.5, 0.6) is 5.75 Å². The van der Waals surface area contributed by atoms with Gasteiger partial charge in [-0.05, 0) is 37.8 Å².